The Morgan fingerprint density at radius 1 is 0.700 bits per heavy atom. The summed E-state index contributed by atoms with van der Waals surface area (Å²) >= 11 is 0. The molecule has 0 spiro atoms. The Balaban J connectivity index is 1.83. The average Bonchev–Trinajstić information content (AvgIpc) is 2.73. The van der Waals surface area contributed by atoms with E-state index in [1.54, 1.807) is 0 Å². The summed E-state index contributed by atoms with van der Waals surface area (Å²) in [6.45, 7) is 7.15. The maximum Gasteiger partial charge on any atom is 0.319 e. The Morgan fingerprint density at radius 2 is 1.17 bits per heavy atom. The van der Waals surface area contributed by atoms with E-state index in [1.165, 1.54) is 102 Å². The first-order valence-electron chi connectivity index (χ1n) is 12.8. The lowest BCUT2D eigenvalue weighted by atomic mass is 10.0. The standard InChI is InChI=1S/C27H48N2O/c1-4-5-6-7-8-9-10-11-12-13-14-15-16-17-18-19-23-28-27(30)29-26-22-20-21-24(2)25(26)3/h20-22H,4-19,23H2,1-3H3,(H2,28,29,30). The SMILES string of the molecule is CCCCCCCCCCCCCCCCCCNC(=O)Nc1cccc(C)c1C. The molecule has 2 N–H and O–H groups in total. The number of carbonyl (C=O) groups is 1. The molecule has 30 heavy (non-hydrogen) atoms. The summed E-state index contributed by atoms with van der Waals surface area (Å²) in [5.41, 5.74) is 3.24. The van der Waals surface area contributed by atoms with E-state index in [4.69, 9.17) is 0 Å². The van der Waals surface area contributed by atoms with Gasteiger partial charge in [0.25, 0.3) is 0 Å². The number of anilines is 1. The average molecular weight is 417 g/mol. The molecule has 1 aromatic carbocycles. The molecule has 1 rings (SSSR count). The lowest BCUT2D eigenvalue weighted by Crippen LogP contribution is -2.29. The molecule has 0 atom stereocenters. The van der Waals surface area contributed by atoms with Crippen molar-refractivity contribution in [3.05, 3.63) is 29.3 Å². The normalized spacial score (nSPS) is 10.9. The fraction of sp³-hybridized carbons (Fsp3) is 0.741. The van der Waals surface area contributed by atoms with E-state index >= 15 is 0 Å². The first kappa shape index (κ1) is 26.5. The van der Waals surface area contributed by atoms with Crippen molar-refractivity contribution in [1.29, 1.82) is 0 Å². The minimum atomic E-state index is -0.0929. The van der Waals surface area contributed by atoms with E-state index in [9.17, 15) is 4.79 Å². The number of hydrogen-bond acceptors (Lipinski definition) is 1. The number of benzene rings is 1. The third-order valence-corrected chi connectivity index (χ3v) is 6.17. The van der Waals surface area contributed by atoms with Gasteiger partial charge in [-0.15, -0.1) is 0 Å². The highest BCUT2D eigenvalue weighted by Gasteiger charge is 2.04. The quantitative estimate of drug-likeness (QED) is 0.231. The van der Waals surface area contributed by atoms with Crippen LogP contribution < -0.4 is 10.6 Å². The number of rotatable bonds is 18. The fourth-order valence-corrected chi connectivity index (χ4v) is 3.93. The number of unbranched alkanes of at least 4 members (excludes halogenated alkanes) is 15. The number of carbonyl (C=O) groups excluding carboxylic acids is 1. The zero-order valence-electron chi connectivity index (χ0n) is 20.2. The predicted molar refractivity (Wildman–Crippen MR) is 132 cm³/mol. The van der Waals surface area contributed by atoms with Gasteiger partial charge in [0.2, 0.25) is 0 Å². The molecule has 0 bridgehead atoms. The van der Waals surface area contributed by atoms with E-state index < -0.39 is 0 Å². The van der Waals surface area contributed by atoms with Crippen molar-refractivity contribution in [2.75, 3.05) is 11.9 Å². The smallest absolute Gasteiger partial charge is 0.319 e. The number of urea groups is 1. The molecule has 0 saturated carbocycles. The van der Waals surface area contributed by atoms with Crippen molar-refractivity contribution < 1.29 is 4.79 Å². The highest BCUT2D eigenvalue weighted by Crippen LogP contribution is 2.17. The largest absolute Gasteiger partial charge is 0.338 e. The molecule has 172 valence electrons. The van der Waals surface area contributed by atoms with E-state index in [0.717, 1.165) is 24.2 Å². The number of hydrogen-bond donors (Lipinski definition) is 2. The molecule has 0 aliphatic carbocycles. The summed E-state index contributed by atoms with van der Waals surface area (Å²) in [6, 6.07) is 5.91. The molecule has 0 aromatic heterocycles. The minimum Gasteiger partial charge on any atom is -0.338 e. The van der Waals surface area contributed by atoms with Crippen LogP contribution in [0.3, 0.4) is 0 Å². The monoisotopic (exact) mass is 416 g/mol. The van der Waals surface area contributed by atoms with Crippen LogP contribution in [0.25, 0.3) is 0 Å². The molecule has 1 aromatic rings. The van der Waals surface area contributed by atoms with Crippen LogP contribution in [0, 0.1) is 13.8 Å². The van der Waals surface area contributed by atoms with Gasteiger partial charge in [-0.2, -0.15) is 0 Å². The first-order chi connectivity index (χ1) is 14.6. The van der Waals surface area contributed by atoms with Gasteiger partial charge in [-0.3, -0.25) is 0 Å². The lowest BCUT2D eigenvalue weighted by molar-refractivity contribution is 0.252. The van der Waals surface area contributed by atoms with Crippen molar-refractivity contribution in [2.24, 2.45) is 0 Å². The zero-order chi connectivity index (χ0) is 21.9. The molecule has 0 heterocycles. The van der Waals surface area contributed by atoms with Gasteiger partial charge in [-0.25, -0.2) is 4.79 Å². The number of aryl methyl sites for hydroxylation is 1. The van der Waals surface area contributed by atoms with Crippen molar-refractivity contribution >= 4 is 11.7 Å². The van der Waals surface area contributed by atoms with Crippen LogP contribution in [0.2, 0.25) is 0 Å². The van der Waals surface area contributed by atoms with E-state index in [1.807, 2.05) is 19.1 Å². The minimum absolute atomic E-state index is 0.0929. The van der Waals surface area contributed by atoms with Crippen LogP contribution in [0.4, 0.5) is 10.5 Å². The van der Waals surface area contributed by atoms with Gasteiger partial charge >= 0.3 is 6.03 Å². The second kappa shape index (κ2) is 18.3. The summed E-state index contributed by atoms with van der Waals surface area (Å²) < 4.78 is 0. The molecule has 3 nitrogen and oxygen atoms in total. The van der Waals surface area contributed by atoms with Crippen LogP contribution in [0.5, 0.6) is 0 Å². The Bertz CT molecular complexity index is 556. The van der Waals surface area contributed by atoms with Gasteiger partial charge in [0, 0.05) is 12.2 Å². The number of nitrogens with one attached hydrogen (secondary N) is 2. The summed E-state index contributed by atoms with van der Waals surface area (Å²) in [6.07, 6.45) is 21.9. The Hall–Kier alpha value is -1.51. The van der Waals surface area contributed by atoms with Gasteiger partial charge in [-0.05, 0) is 37.5 Å². The predicted octanol–water partition coefficient (Wildman–Crippen LogP) is 8.69. The summed E-state index contributed by atoms with van der Waals surface area (Å²) in [7, 11) is 0. The molecule has 3 heteroatoms. The van der Waals surface area contributed by atoms with Gasteiger partial charge < -0.3 is 10.6 Å². The zero-order valence-corrected chi connectivity index (χ0v) is 20.2. The van der Waals surface area contributed by atoms with Crippen molar-refractivity contribution in [3.63, 3.8) is 0 Å². The van der Waals surface area contributed by atoms with Crippen molar-refractivity contribution in [3.8, 4) is 0 Å². The molecule has 0 aliphatic rings. The molecule has 0 unspecified atom stereocenters. The van der Waals surface area contributed by atoms with Crippen LogP contribution in [-0.4, -0.2) is 12.6 Å². The summed E-state index contributed by atoms with van der Waals surface area (Å²) in [5, 5.41) is 5.93. The fourth-order valence-electron chi connectivity index (χ4n) is 3.93. The first-order valence-corrected chi connectivity index (χ1v) is 12.8. The van der Waals surface area contributed by atoms with Gasteiger partial charge in [0.1, 0.15) is 0 Å². The Kier molecular flexibility index (Phi) is 16.2. The Morgan fingerprint density at radius 3 is 1.67 bits per heavy atom. The van der Waals surface area contributed by atoms with Crippen molar-refractivity contribution in [1.82, 2.24) is 5.32 Å². The summed E-state index contributed by atoms with van der Waals surface area (Å²) in [4.78, 5) is 12.0. The second-order valence-electron chi connectivity index (χ2n) is 8.93. The second-order valence-corrected chi connectivity index (χ2v) is 8.93. The van der Waals surface area contributed by atoms with Gasteiger partial charge in [-0.1, -0.05) is 115 Å². The Labute approximate surface area is 186 Å². The maximum atomic E-state index is 12.0. The van der Waals surface area contributed by atoms with Gasteiger partial charge in [0.05, 0.1) is 0 Å². The molecular weight excluding hydrogens is 368 g/mol. The number of amides is 2. The molecule has 2 amide bonds. The van der Waals surface area contributed by atoms with Crippen LogP contribution in [-0.2, 0) is 0 Å². The lowest BCUT2D eigenvalue weighted by Gasteiger charge is -2.11. The van der Waals surface area contributed by atoms with E-state index in [0.29, 0.717) is 0 Å². The maximum absolute atomic E-state index is 12.0. The van der Waals surface area contributed by atoms with Crippen LogP contribution in [0.15, 0.2) is 18.2 Å². The van der Waals surface area contributed by atoms with E-state index in [2.05, 4.69) is 30.5 Å². The van der Waals surface area contributed by atoms with E-state index in [-0.39, 0.29) is 6.03 Å². The summed E-state index contributed by atoms with van der Waals surface area (Å²) in [5.74, 6) is 0. The van der Waals surface area contributed by atoms with Crippen molar-refractivity contribution in [2.45, 2.75) is 124 Å². The third-order valence-electron chi connectivity index (χ3n) is 6.17. The third kappa shape index (κ3) is 13.7. The molecule has 0 aliphatic heterocycles. The molecule has 0 saturated heterocycles. The molecule has 0 radical (unpaired) electrons. The molecular formula is C27H48N2O. The van der Waals surface area contributed by atoms with Crippen LogP contribution >= 0.6 is 0 Å². The van der Waals surface area contributed by atoms with Gasteiger partial charge in [0.15, 0.2) is 0 Å². The molecule has 0 fully saturated rings. The highest BCUT2D eigenvalue weighted by molar-refractivity contribution is 5.90. The topological polar surface area (TPSA) is 41.1 Å². The van der Waals surface area contributed by atoms with Crippen LogP contribution in [0.1, 0.15) is 121 Å². The highest BCUT2D eigenvalue weighted by atomic mass is 16.2.